The molecule has 450 valence electrons. The lowest BCUT2D eigenvalue weighted by atomic mass is 10.0. The van der Waals surface area contributed by atoms with Crippen molar-refractivity contribution in [1.82, 2.24) is 55.0 Å². The zero-order chi connectivity index (χ0) is 58.5. The van der Waals surface area contributed by atoms with Crippen LogP contribution in [0.1, 0.15) is 80.3 Å². The summed E-state index contributed by atoms with van der Waals surface area (Å²) in [6.45, 7) is 4.09. The maximum absolute atomic E-state index is 14.1. The molecule has 0 unspecified atom stereocenters. The first-order chi connectivity index (χ1) is 39.4. The average molecular weight is 1270 g/mol. The molecule has 7 aliphatic rings. The van der Waals surface area contributed by atoms with E-state index < -0.39 is 41.2 Å². The molecule has 2 saturated heterocycles. The number of anilines is 3. The topological polar surface area (TPSA) is 254 Å². The van der Waals surface area contributed by atoms with Crippen LogP contribution in [-0.4, -0.2) is 144 Å². The molecule has 2 aromatic carbocycles. The predicted octanol–water partition coefficient (Wildman–Crippen LogP) is 8.39. The van der Waals surface area contributed by atoms with Crippen LogP contribution in [0.5, 0.6) is 0 Å². The van der Waals surface area contributed by atoms with E-state index in [1.54, 1.807) is 45.5 Å². The van der Waals surface area contributed by atoms with E-state index in [2.05, 4.69) is 50.7 Å². The number of rotatable bonds is 9. The van der Waals surface area contributed by atoms with Crippen LogP contribution in [0.4, 0.5) is 49.1 Å². The second-order valence-corrected chi connectivity index (χ2v) is 20.7. The van der Waals surface area contributed by atoms with Crippen molar-refractivity contribution in [2.24, 2.45) is 28.0 Å². The fourth-order valence-corrected chi connectivity index (χ4v) is 9.08. The summed E-state index contributed by atoms with van der Waals surface area (Å²) in [6.07, 6.45) is 14.1. The maximum atomic E-state index is 14.1. The highest BCUT2D eigenvalue weighted by Gasteiger charge is 2.36. The quantitative estimate of drug-likeness (QED) is 0.0712. The van der Waals surface area contributed by atoms with Gasteiger partial charge in [-0.1, -0.05) is 0 Å². The van der Waals surface area contributed by atoms with Crippen molar-refractivity contribution >= 4 is 121 Å². The van der Waals surface area contributed by atoms with Crippen LogP contribution in [0.15, 0.2) is 77.3 Å². The molecule has 4 aliphatic heterocycles. The monoisotopic (exact) mass is 1260 g/mol. The van der Waals surface area contributed by atoms with E-state index in [0.717, 1.165) is 75.6 Å². The number of hydrogen-bond donors (Lipinski definition) is 3. The number of nitrogens with two attached hydrogens (primary N) is 1. The van der Waals surface area contributed by atoms with Gasteiger partial charge in [0, 0.05) is 126 Å². The molecule has 5 amide bonds. The maximum Gasteiger partial charge on any atom is 0.341 e. The number of halogens is 8. The van der Waals surface area contributed by atoms with Crippen molar-refractivity contribution in [2.45, 2.75) is 69.9 Å². The third kappa shape index (κ3) is 19.6. The zero-order valence-corrected chi connectivity index (χ0v) is 49.1. The molecule has 4 N–H and O–H groups in total. The first kappa shape index (κ1) is 66.3. The van der Waals surface area contributed by atoms with Crippen LogP contribution >= 0.6 is 61.8 Å². The highest BCUT2D eigenvalue weighted by molar-refractivity contribution is 7.59. The van der Waals surface area contributed by atoms with Crippen molar-refractivity contribution in [1.29, 1.82) is 0 Å². The third-order valence-electron chi connectivity index (χ3n) is 13.4. The van der Waals surface area contributed by atoms with Gasteiger partial charge in [0.1, 0.15) is 34.9 Å². The van der Waals surface area contributed by atoms with Gasteiger partial charge in [-0.25, -0.2) is 66.5 Å². The van der Waals surface area contributed by atoms with E-state index in [1.165, 1.54) is 40.5 Å². The minimum Gasteiger partial charge on any atom is -0.384 e. The van der Waals surface area contributed by atoms with Gasteiger partial charge in [0.25, 0.3) is 0 Å². The van der Waals surface area contributed by atoms with Gasteiger partial charge in [-0.15, -0.1) is 0 Å². The Morgan fingerprint density at radius 3 is 1.55 bits per heavy atom. The molecule has 31 heteroatoms. The van der Waals surface area contributed by atoms with Gasteiger partial charge in [0.2, 0.25) is 27.7 Å². The Balaban J connectivity index is 0.000000191. The standard InChI is InChI=1S/C22H22F3N7O2.C14H16F2N4O.C9H9ClN2O.C4H4ClN3.C4H5ClO.2H2S/c23-15-9-14(10-16(24)11-15)18-3-4-27-32(18)22(34)31-7-5-30(6-8-31)21-26-12-17(25)19(29-21)28-20(33)13-1-2-13;15-11-7-10(8-12(16)9-11)13-1-2-18-20(13)14(21)19-5-3-17-4-6-19;10-9-11-4-3-7(12-9)5-8(13)6-1-2-6;5-4-7-2-1-3(6)8-4;5-4(6)3-1-2-3;;/h4,9-13,18H,1-3,5-8H2,(H,26,28,29,33);2,7-9,13,17H,1,3-6H2;3-4,6H,1-2,5H2;1-2H,(H2,6,7,8);3H,1-2H2;2*1H2/t18-;13-;;;;;/m00...../s1. The number of amides is 5. The molecule has 0 spiro atoms. The number of benzene rings is 2. The Bertz CT molecular complexity index is 3120. The van der Waals surface area contributed by atoms with Gasteiger partial charge in [-0.2, -0.15) is 42.2 Å². The molecular weight excluding hydrogens is 1210 g/mol. The minimum atomic E-state index is -0.713. The first-order valence-electron chi connectivity index (χ1n) is 26.2. The third-order valence-corrected chi connectivity index (χ3v) is 14.0. The van der Waals surface area contributed by atoms with Crippen LogP contribution in [0.2, 0.25) is 10.6 Å². The number of nitrogens with zero attached hydrogens (tertiary/aromatic N) is 13. The largest absolute Gasteiger partial charge is 0.384 e. The fourth-order valence-electron chi connectivity index (χ4n) is 8.55. The molecule has 0 bridgehead atoms. The Hall–Kier alpha value is -6.85. The number of urea groups is 2. The molecule has 21 nitrogen and oxygen atoms in total. The number of hydrazone groups is 2. The molecule has 3 saturated carbocycles. The number of nitrogens with one attached hydrogen (secondary N) is 2. The number of aromatic nitrogens is 6. The van der Waals surface area contributed by atoms with E-state index in [-0.39, 0.29) is 96.1 Å². The SMILES string of the molecule is Nc1ccnc(Cl)n1.O=C(Cc1ccnc(Cl)n1)C1CC1.O=C(Cl)C1CC1.O=C(N1CCNCC1)N1N=CC[C@H]1c1cc(F)cc(F)c1.O=C(Nc1nc(N2CCN(C(=O)N3N=CC[C@H]3c3cc(F)cc(F)c3)CC2)ncc1F)C1CC1.S.S. The molecule has 7 heterocycles. The molecule has 3 aliphatic carbocycles. The van der Waals surface area contributed by atoms with Crippen LogP contribution < -0.4 is 21.3 Å². The van der Waals surface area contributed by atoms with Crippen LogP contribution in [0.3, 0.4) is 0 Å². The summed E-state index contributed by atoms with van der Waals surface area (Å²) in [4.78, 5) is 87.1. The number of Topliss-reactive ketones (excluding diaryl/α,β-unsaturated/α-hetero) is 1. The summed E-state index contributed by atoms with van der Waals surface area (Å²) in [7, 11) is 0. The van der Waals surface area contributed by atoms with Crippen molar-refractivity contribution in [3.8, 4) is 0 Å². The van der Waals surface area contributed by atoms with Crippen molar-refractivity contribution in [2.75, 3.05) is 68.3 Å². The molecule has 84 heavy (non-hydrogen) atoms. The Labute approximate surface area is 508 Å². The number of nitrogen functional groups attached to an aromatic ring is 1. The lowest BCUT2D eigenvalue weighted by Gasteiger charge is -2.37. The molecule has 12 rings (SSSR count). The van der Waals surface area contributed by atoms with Gasteiger partial charge in [-0.3, -0.25) is 14.4 Å². The van der Waals surface area contributed by atoms with E-state index >= 15 is 0 Å². The van der Waals surface area contributed by atoms with E-state index in [0.29, 0.717) is 75.5 Å². The number of hydrogen-bond acceptors (Lipinski definition) is 16. The fraction of sp³-hybridized carbons (Fsp3) is 0.415. The predicted molar refractivity (Wildman–Crippen MR) is 315 cm³/mol. The van der Waals surface area contributed by atoms with Crippen molar-refractivity contribution in [3.05, 3.63) is 124 Å². The summed E-state index contributed by atoms with van der Waals surface area (Å²) < 4.78 is 68.1. The summed E-state index contributed by atoms with van der Waals surface area (Å²) in [5.41, 5.74) is 6.70. The Morgan fingerprint density at radius 1 is 0.619 bits per heavy atom. The first-order valence-corrected chi connectivity index (χ1v) is 27.4. The zero-order valence-electron chi connectivity index (χ0n) is 44.9. The van der Waals surface area contributed by atoms with Crippen LogP contribution in [0, 0.1) is 46.8 Å². The number of piperazine rings is 2. The smallest absolute Gasteiger partial charge is 0.341 e. The van der Waals surface area contributed by atoms with Crippen LogP contribution in [0.25, 0.3) is 0 Å². The summed E-state index contributed by atoms with van der Waals surface area (Å²) in [5, 5.41) is 16.7. The minimum absolute atomic E-state index is 0. The Kier molecular flexibility index (Phi) is 24.7. The van der Waals surface area contributed by atoms with Gasteiger partial charge in [-0.05, 0) is 121 Å². The van der Waals surface area contributed by atoms with Gasteiger partial charge in [0.15, 0.2) is 11.6 Å². The molecule has 5 fully saturated rings. The summed E-state index contributed by atoms with van der Waals surface area (Å²) in [6, 6.07) is 8.18. The second kappa shape index (κ2) is 31.3. The number of carbonyl (C=O) groups is 5. The molecule has 0 radical (unpaired) electrons. The molecule has 3 aromatic heterocycles. The van der Waals surface area contributed by atoms with Crippen molar-refractivity contribution in [3.63, 3.8) is 0 Å². The highest BCUT2D eigenvalue weighted by atomic mass is 35.5. The number of carbonyl (C=O) groups excluding carboxylic acids is 5. The second-order valence-electron chi connectivity index (χ2n) is 19.7. The molecule has 5 aromatic rings. The van der Waals surface area contributed by atoms with Gasteiger partial charge >= 0.3 is 12.1 Å². The molecular formula is C53H60Cl3F5N16O5S2. The van der Waals surface area contributed by atoms with Gasteiger partial charge < -0.3 is 31.1 Å². The number of ketones is 1. The van der Waals surface area contributed by atoms with Crippen LogP contribution in [-0.2, 0) is 20.8 Å². The molecule has 2 atom stereocenters. The van der Waals surface area contributed by atoms with E-state index in [1.807, 2.05) is 0 Å². The Morgan fingerprint density at radius 2 is 1.11 bits per heavy atom. The lowest BCUT2D eigenvalue weighted by molar-refractivity contribution is -0.119. The van der Waals surface area contributed by atoms with Gasteiger partial charge in [0.05, 0.1) is 24.0 Å². The summed E-state index contributed by atoms with van der Waals surface area (Å²) >= 11 is 16.0. The van der Waals surface area contributed by atoms with E-state index in [9.17, 15) is 45.9 Å². The summed E-state index contributed by atoms with van der Waals surface area (Å²) in [5.74, 6) is -2.49. The van der Waals surface area contributed by atoms with Crippen molar-refractivity contribution < 1.29 is 45.9 Å². The van der Waals surface area contributed by atoms with E-state index in [4.69, 9.17) is 40.5 Å². The lowest BCUT2D eigenvalue weighted by Crippen LogP contribution is -2.52. The highest BCUT2D eigenvalue weighted by Crippen LogP contribution is 2.34. The average Bonchev–Trinajstić information content (AvgIpc) is 4.54. The normalized spacial score (nSPS) is 18.4.